The average Bonchev–Trinajstić information content (AvgIpc) is 2.69. The predicted octanol–water partition coefficient (Wildman–Crippen LogP) is 1.91. The van der Waals surface area contributed by atoms with Crippen LogP contribution in [0.1, 0.15) is 45.4 Å². The molecule has 0 saturated heterocycles. The maximum Gasteiger partial charge on any atom is 0.237 e. The number of thioether (sulfide) groups is 1. The quantitative estimate of drug-likeness (QED) is 0.673. The topological polar surface area (TPSA) is 55.1 Å². The van der Waals surface area contributed by atoms with E-state index in [1.54, 1.807) is 0 Å². The Morgan fingerprint density at radius 1 is 1.56 bits per heavy atom. The lowest BCUT2D eigenvalue weighted by Crippen LogP contribution is -2.52. The zero-order valence-corrected chi connectivity index (χ0v) is 11.2. The molecule has 1 rings (SSSR count). The van der Waals surface area contributed by atoms with E-state index >= 15 is 0 Å². The molecule has 0 aromatic rings. The number of rotatable bonds is 7. The van der Waals surface area contributed by atoms with Gasteiger partial charge in [0, 0.05) is 5.25 Å². The maximum atomic E-state index is 11.4. The van der Waals surface area contributed by atoms with Gasteiger partial charge in [-0.15, -0.1) is 0 Å². The van der Waals surface area contributed by atoms with Crippen molar-refractivity contribution in [2.45, 2.75) is 56.2 Å². The van der Waals surface area contributed by atoms with Crippen molar-refractivity contribution in [2.75, 3.05) is 12.8 Å². The summed E-state index contributed by atoms with van der Waals surface area (Å²) in [5.41, 5.74) is 5.04. The molecule has 3 N–H and O–H groups in total. The summed E-state index contributed by atoms with van der Waals surface area (Å²) in [6.07, 6.45) is 6.78. The number of unbranched alkanes of at least 4 members (excludes halogenated alkanes) is 2. The first-order chi connectivity index (χ1) is 7.64. The molecule has 16 heavy (non-hydrogen) atoms. The number of nitrogens with two attached hydrogens (primary N) is 1. The van der Waals surface area contributed by atoms with Crippen molar-refractivity contribution in [3.8, 4) is 0 Å². The summed E-state index contributed by atoms with van der Waals surface area (Å²) in [5, 5.41) is 3.73. The summed E-state index contributed by atoms with van der Waals surface area (Å²) in [6, 6.07) is 0. The summed E-state index contributed by atoms with van der Waals surface area (Å²) in [5.74, 6) is 1.03. The highest BCUT2D eigenvalue weighted by atomic mass is 32.2. The Balaban J connectivity index is 2.31. The minimum Gasteiger partial charge on any atom is -0.368 e. The van der Waals surface area contributed by atoms with E-state index in [4.69, 9.17) is 5.73 Å². The van der Waals surface area contributed by atoms with E-state index in [0.717, 1.165) is 19.3 Å². The van der Waals surface area contributed by atoms with Gasteiger partial charge in [-0.2, -0.15) is 11.8 Å². The molecule has 0 heterocycles. The Morgan fingerprint density at radius 3 is 2.81 bits per heavy atom. The number of amides is 1. The van der Waals surface area contributed by atoms with Crippen molar-refractivity contribution >= 4 is 17.7 Å². The van der Waals surface area contributed by atoms with Crippen molar-refractivity contribution in [3.05, 3.63) is 0 Å². The molecule has 1 aliphatic rings. The van der Waals surface area contributed by atoms with E-state index in [-0.39, 0.29) is 5.91 Å². The van der Waals surface area contributed by atoms with Gasteiger partial charge in [-0.1, -0.05) is 19.8 Å². The second kappa shape index (κ2) is 6.50. The summed E-state index contributed by atoms with van der Waals surface area (Å²) in [6.45, 7) is 2.22. The van der Waals surface area contributed by atoms with Crippen LogP contribution in [0.4, 0.5) is 0 Å². The van der Waals surface area contributed by atoms with E-state index in [1.807, 2.05) is 18.8 Å². The molecule has 94 valence electrons. The standard InChI is InChI=1S/C12H24N2OS/c1-3-4-5-8-16-10-6-7-12(9-10,14-2)11(13)15/h10,14H,3-9H2,1-2H3,(H2,13,15). The van der Waals surface area contributed by atoms with E-state index in [2.05, 4.69) is 12.2 Å². The molecule has 0 spiro atoms. The smallest absolute Gasteiger partial charge is 0.237 e. The monoisotopic (exact) mass is 244 g/mol. The highest BCUT2D eigenvalue weighted by Crippen LogP contribution is 2.37. The van der Waals surface area contributed by atoms with Gasteiger partial charge in [0.1, 0.15) is 0 Å². The number of hydrogen-bond donors (Lipinski definition) is 2. The Bertz CT molecular complexity index is 235. The van der Waals surface area contributed by atoms with Crippen LogP contribution in [0.3, 0.4) is 0 Å². The normalized spacial score (nSPS) is 29.5. The molecule has 2 unspecified atom stereocenters. The van der Waals surface area contributed by atoms with Gasteiger partial charge in [0.15, 0.2) is 0 Å². The molecule has 0 aliphatic heterocycles. The van der Waals surface area contributed by atoms with Crippen LogP contribution in [0.15, 0.2) is 0 Å². The molecular weight excluding hydrogens is 220 g/mol. The van der Waals surface area contributed by atoms with Gasteiger partial charge in [0.25, 0.3) is 0 Å². The minimum atomic E-state index is -0.428. The van der Waals surface area contributed by atoms with Gasteiger partial charge >= 0.3 is 0 Å². The molecule has 1 aliphatic carbocycles. The molecule has 0 aromatic carbocycles. The summed E-state index contributed by atoms with van der Waals surface area (Å²) in [4.78, 5) is 11.4. The highest BCUT2D eigenvalue weighted by Gasteiger charge is 2.42. The molecular formula is C12H24N2OS. The highest BCUT2D eigenvalue weighted by molar-refractivity contribution is 7.99. The Hall–Kier alpha value is -0.220. The van der Waals surface area contributed by atoms with E-state index in [0.29, 0.717) is 5.25 Å². The average molecular weight is 244 g/mol. The van der Waals surface area contributed by atoms with Crippen molar-refractivity contribution in [3.63, 3.8) is 0 Å². The van der Waals surface area contributed by atoms with Gasteiger partial charge in [0.2, 0.25) is 5.91 Å². The van der Waals surface area contributed by atoms with Gasteiger partial charge in [-0.3, -0.25) is 4.79 Å². The number of likely N-dealkylation sites (N-methyl/N-ethyl adjacent to an activating group) is 1. The van der Waals surface area contributed by atoms with Crippen molar-refractivity contribution in [2.24, 2.45) is 5.73 Å². The van der Waals surface area contributed by atoms with E-state index < -0.39 is 5.54 Å². The number of carbonyl (C=O) groups excluding carboxylic acids is 1. The third kappa shape index (κ3) is 3.39. The van der Waals surface area contributed by atoms with Crippen LogP contribution >= 0.6 is 11.8 Å². The maximum absolute atomic E-state index is 11.4. The largest absolute Gasteiger partial charge is 0.368 e. The zero-order chi connectivity index (χ0) is 12.0. The van der Waals surface area contributed by atoms with E-state index in [1.165, 1.54) is 25.0 Å². The fourth-order valence-electron chi connectivity index (χ4n) is 2.32. The molecule has 0 aromatic heterocycles. The van der Waals surface area contributed by atoms with Crippen LogP contribution in [-0.2, 0) is 4.79 Å². The predicted molar refractivity (Wildman–Crippen MR) is 70.6 cm³/mol. The van der Waals surface area contributed by atoms with Crippen molar-refractivity contribution in [1.82, 2.24) is 5.32 Å². The Kier molecular flexibility index (Phi) is 5.62. The zero-order valence-electron chi connectivity index (χ0n) is 10.4. The lowest BCUT2D eigenvalue weighted by Gasteiger charge is -2.24. The molecule has 3 nitrogen and oxygen atoms in total. The van der Waals surface area contributed by atoms with Crippen molar-refractivity contribution in [1.29, 1.82) is 0 Å². The molecule has 1 fully saturated rings. The van der Waals surface area contributed by atoms with Crippen LogP contribution in [0.5, 0.6) is 0 Å². The molecule has 1 amide bonds. The van der Waals surface area contributed by atoms with Crippen LogP contribution in [0, 0.1) is 0 Å². The molecule has 0 radical (unpaired) electrons. The first-order valence-electron chi connectivity index (χ1n) is 6.25. The first kappa shape index (κ1) is 13.8. The van der Waals surface area contributed by atoms with Gasteiger partial charge in [-0.05, 0) is 38.5 Å². The number of carbonyl (C=O) groups is 1. The fraction of sp³-hybridized carbons (Fsp3) is 0.917. The van der Waals surface area contributed by atoms with Crippen LogP contribution in [0.2, 0.25) is 0 Å². The molecule has 4 heteroatoms. The Labute approximate surface area is 103 Å². The SMILES string of the molecule is CCCCCSC1CCC(NC)(C(N)=O)C1. The summed E-state index contributed by atoms with van der Waals surface area (Å²) >= 11 is 2.01. The van der Waals surface area contributed by atoms with Crippen LogP contribution < -0.4 is 11.1 Å². The number of hydrogen-bond acceptors (Lipinski definition) is 3. The van der Waals surface area contributed by atoms with E-state index in [9.17, 15) is 4.79 Å². The molecule has 1 saturated carbocycles. The fourth-order valence-corrected chi connectivity index (χ4v) is 3.71. The van der Waals surface area contributed by atoms with Crippen LogP contribution in [-0.4, -0.2) is 29.5 Å². The van der Waals surface area contributed by atoms with Crippen molar-refractivity contribution < 1.29 is 4.79 Å². The lowest BCUT2D eigenvalue weighted by atomic mass is 9.97. The molecule has 2 atom stereocenters. The number of primary amides is 1. The minimum absolute atomic E-state index is 0.188. The second-order valence-corrected chi connectivity index (χ2v) is 6.05. The number of nitrogens with one attached hydrogen (secondary N) is 1. The third-order valence-electron chi connectivity index (χ3n) is 3.52. The molecule has 0 bridgehead atoms. The summed E-state index contributed by atoms with van der Waals surface area (Å²) < 4.78 is 0. The lowest BCUT2D eigenvalue weighted by molar-refractivity contribution is -0.124. The second-order valence-electron chi connectivity index (χ2n) is 4.64. The first-order valence-corrected chi connectivity index (χ1v) is 7.30. The van der Waals surface area contributed by atoms with Gasteiger partial charge < -0.3 is 11.1 Å². The summed E-state index contributed by atoms with van der Waals surface area (Å²) in [7, 11) is 1.84. The van der Waals surface area contributed by atoms with Gasteiger partial charge in [0.05, 0.1) is 5.54 Å². The third-order valence-corrected chi connectivity index (χ3v) is 4.92. The van der Waals surface area contributed by atoms with Gasteiger partial charge in [-0.25, -0.2) is 0 Å². The van der Waals surface area contributed by atoms with Crippen LogP contribution in [0.25, 0.3) is 0 Å². The Morgan fingerprint density at radius 2 is 2.31 bits per heavy atom.